The van der Waals surface area contributed by atoms with Crippen LogP contribution in [0.25, 0.3) is 27.8 Å². The number of nitrogens with one attached hydrogen (secondary N) is 3. The van der Waals surface area contributed by atoms with Crippen LogP contribution in [0.1, 0.15) is 32.1 Å². The number of rotatable bonds is 3. The van der Waals surface area contributed by atoms with Crippen molar-refractivity contribution in [1.29, 1.82) is 0 Å². The first-order chi connectivity index (χ1) is 17.6. The predicted molar refractivity (Wildman–Crippen MR) is 135 cm³/mol. The van der Waals surface area contributed by atoms with Gasteiger partial charge < -0.3 is 25.1 Å². The summed E-state index contributed by atoms with van der Waals surface area (Å²) in [5.41, 5.74) is 7.36. The van der Waals surface area contributed by atoms with Crippen LogP contribution in [0.3, 0.4) is 0 Å². The number of carbonyl (C=O) groups excluding carboxylic acids is 2. The van der Waals surface area contributed by atoms with E-state index in [9.17, 15) is 9.59 Å². The van der Waals surface area contributed by atoms with Crippen molar-refractivity contribution >= 4 is 34.4 Å². The third-order valence-electron chi connectivity index (χ3n) is 6.89. The molecule has 0 fully saturated rings. The molecule has 0 saturated carbocycles. The summed E-state index contributed by atoms with van der Waals surface area (Å²) in [5.74, 6) is 0.343. The lowest BCUT2D eigenvalue weighted by atomic mass is 9.94. The van der Waals surface area contributed by atoms with E-state index in [2.05, 4.69) is 27.0 Å². The lowest BCUT2D eigenvalue weighted by molar-refractivity contribution is 0.0943. The van der Waals surface area contributed by atoms with Crippen molar-refractivity contribution < 1.29 is 9.59 Å². The minimum atomic E-state index is -0.138. The molecule has 0 atom stereocenters. The van der Waals surface area contributed by atoms with Crippen LogP contribution in [0.4, 0.5) is 11.5 Å². The Morgan fingerprint density at radius 2 is 1.81 bits per heavy atom. The van der Waals surface area contributed by atoms with E-state index >= 15 is 0 Å². The average molecular weight is 476 g/mol. The number of nitrogens with zero attached hydrogens (tertiary/aromatic N) is 4. The number of benzene rings is 1. The zero-order chi connectivity index (χ0) is 24.4. The monoisotopic (exact) mass is 475 g/mol. The van der Waals surface area contributed by atoms with E-state index in [1.807, 2.05) is 65.0 Å². The van der Waals surface area contributed by atoms with Crippen LogP contribution >= 0.6 is 0 Å². The molecule has 6 heterocycles. The number of anilines is 2. The summed E-state index contributed by atoms with van der Waals surface area (Å²) >= 11 is 0. The number of amides is 2. The second-order valence-corrected chi connectivity index (χ2v) is 8.95. The molecule has 5 aromatic rings. The molecule has 0 radical (unpaired) electrons. The summed E-state index contributed by atoms with van der Waals surface area (Å²) in [6, 6.07) is 15.4. The number of aryl methyl sites for hydroxylation is 1. The fourth-order valence-corrected chi connectivity index (χ4v) is 5.19. The first-order valence-corrected chi connectivity index (χ1v) is 11.7. The van der Waals surface area contributed by atoms with Crippen molar-refractivity contribution in [3.8, 4) is 16.8 Å². The van der Waals surface area contributed by atoms with Crippen molar-refractivity contribution in [3.05, 3.63) is 89.6 Å². The topological polar surface area (TPSA) is 106 Å². The number of pyridine rings is 2. The maximum Gasteiger partial charge on any atom is 0.268 e. The summed E-state index contributed by atoms with van der Waals surface area (Å²) in [5, 5.41) is 10.3. The minimum Gasteiger partial charge on any atom is -0.348 e. The van der Waals surface area contributed by atoms with Gasteiger partial charge in [0.05, 0.1) is 29.2 Å². The molecule has 0 bridgehead atoms. The number of hydrogen-bond acceptors (Lipinski definition) is 5. The van der Waals surface area contributed by atoms with E-state index in [0.717, 1.165) is 39.1 Å². The average Bonchev–Trinajstić information content (AvgIpc) is 3.61. The normalized spacial score (nSPS) is 14.0. The molecule has 0 saturated heterocycles. The van der Waals surface area contributed by atoms with E-state index in [1.165, 1.54) is 0 Å². The first-order valence-electron chi connectivity index (χ1n) is 11.7. The Bertz CT molecular complexity index is 1730. The van der Waals surface area contributed by atoms with Gasteiger partial charge in [0.25, 0.3) is 11.8 Å². The third kappa shape index (κ3) is 2.96. The Kier molecular flexibility index (Phi) is 4.28. The van der Waals surface area contributed by atoms with E-state index < -0.39 is 0 Å². The van der Waals surface area contributed by atoms with Gasteiger partial charge in [-0.2, -0.15) is 0 Å². The smallest absolute Gasteiger partial charge is 0.268 e. The van der Waals surface area contributed by atoms with Crippen LogP contribution < -0.4 is 16.0 Å². The van der Waals surface area contributed by atoms with E-state index in [4.69, 9.17) is 4.98 Å². The third-order valence-corrected chi connectivity index (χ3v) is 6.89. The number of fused-ring (bicyclic) bond motifs is 5. The SMILES string of the molecule is Cn1ccc2c(-c3ccc(Nc4ccc5c(n4)CNC(=O)c4cccn4-5)c4c3CNC4=O)ccnc21. The van der Waals surface area contributed by atoms with Crippen molar-refractivity contribution in [2.24, 2.45) is 7.05 Å². The largest absolute Gasteiger partial charge is 0.348 e. The van der Waals surface area contributed by atoms with Crippen molar-refractivity contribution in [3.63, 3.8) is 0 Å². The minimum absolute atomic E-state index is 0.119. The molecule has 9 heteroatoms. The molecular formula is C27H21N7O2. The summed E-state index contributed by atoms with van der Waals surface area (Å²) in [4.78, 5) is 34.6. The van der Waals surface area contributed by atoms with Gasteiger partial charge in [0, 0.05) is 37.6 Å². The first kappa shape index (κ1) is 20.5. The fourth-order valence-electron chi connectivity index (χ4n) is 5.19. The number of hydrogen-bond donors (Lipinski definition) is 3. The van der Waals surface area contributed by atoms with Crippen molar-refractivity contribution in [2.45, 2.75) is 13.1 Å². The highest BCUT2D eigenvalue weighted by Gasteiger charge is 2.27. The van der Waals surface area contributed by atoms with Crippen LogP contribution in [-0.4, -0.2) is 30.9 Å². The second kappa shape index (κ2) is 7.54. The predicted octanol–water partition coefficient (Wildman–Crippen LogP) is 3.66. The summed E-state index contributed by atoms with van der Waals surface area (Å²) in [7, 11) is 1.97. The van der Waals surface area contributed by atoms with Gasteiger partial charge in [-0.25, -0.2) is 9.97 Å². The Morgan fingerprint density at radius 3 is 2.72 bits per heavy atom. The van der Waals surface area contributed by atoms with Crippen molar-refractivity contribution in [1.82, 2.24) is 29.7 Å². The van der Waals surface area contributed by atoms with Crippen LogP contribution in [0.15, 0.2) is 67.1 Å². The highest BCUT2D eigenvalue weighted by Crippen LogP contribution is 2.37. The molecule has 3 N–H and O–H groups in total. The maximum atomic E-state index is 12.9. The summed E-state index contributed by atoms with van der Waals surface area (Å²) < 4.78 is 3.83. The molecule has 2 aliphatic rings. The zero-order valence-corrected chi connectivity index (χ0v) is 19.4. The van der Waals surface area contributed by atoms with Gasteiger partial charge in [0.1, 0.15) is 17.2 Å². The number of aromatic nitrogens is 4. The van der Waals surface area contributed by atoms with Gasteiger partial charge in [-0.1, -0.05) is 6.07 Å². The Balaban J connectivity index is 1.30. The van der Waals surface area contributed by atoms with Crippen LogP contribution in [0.5, 0.6) is 0 Å². The fraction of sp³-hybridized carbons (Fsp3) is 0.111. The zero-order valence-electron chi connectivity index (χ0n) is 19.4. The van der Waals surface area contributed by atoms with Crippen molar-refractivity contribution in [2.75, 3.05) is 5.32 Å². The molecule has 36 heavy (non-hydrogen) atoms. The van der Waals surface area contributed by atoms with E-state index in [1.54, 1.807) is 12.3 Å². The Labute approximate surface area is 205 Å². The molecule has 9 nitrogen and oxygen atoms in total. The van der Waals surface area contributed by atoms with Crippen LogP contribution in [0, 0.1) is 0 Å². The lowest BCUT2D eigenvalue weighted by Gasteiger charge is -2.15. The quantitative estimate of drug-likeness (QED) is 0.369. The summed E-state index contributed by atoms with van der Waals surface area (Å²) in [6.45, 7) is 0.772. The van der Waals surface area contributed by atoms with Crippen LogP contribution in [-0.2, 0) is 20.1 Å². The molecular weight excluding hydrogens is 454 g/mol. The Morgan fingerprint density at radius 1 is 0.917 bits per heavy atom. The number of carbonyl (C=O) groups is 2. The van der Waals surface area contributed by atoms with Gasteiger partial charge in [-0.05, 0) is 59.2 Å². The summed E-state index contributed by atoms with van der Waals surface area (Å²) in [6.07, 6.45) is 5.64. The van der Waals surface area contributed by atoms with Gasteiger partial charge in [-0.3, -0.25) is 9.59 Å². The Hall–Kier alpha value is -4.92. The molecule has 4 aromatic heterocycles. The molecule has 0 aliphatic carbocycles. The molecule has 1 aromatic carbocycles. The molecule has 0 unspecified atom stereocenters. The highest BCUT2D eigenvalue weighted by atomic mass is 16.2. The van der Waals surface area contributed by atoms with Gasteiger partial charge >= 0.3 is 0 Å². The second-order valence-electron chi connectivity index (χ2n) is 8.95. The van der Waals surface area contributed by atoms with E-state index in [-0.39, 0.29) is 11.8 Å². The molecule has 176 valence electrons. The van der Waals surface area contributed by atoms with Gasteiger partial charge in [0.15, 0.2) is 0 Å². The van der Waals surface area contributed by atoms with Gasteiger partial charge in [0.2, 0.25) is 0 Å². The molecule has 7 rings (SSSR count). The molecule has 2 aliphatic heterocycles. The van der Waals surface area contributed by atoms with Crippen LogP contribution in [0.2, 0.25) is 0 Å². The van der Waals surface area contributed by atoms with E-state index in [0.29, 0.717) is 35.9 Å². The highest BCUT2D eigenvalue weighted by molar-refractivity contribution is 6.07. The molecule has 0 spiro atoms. The lowest BCUT2D eigenvalue weighted by Crippen LogP contribution is -2.22. The van der Waals surface area contributed by atoms with Gasteiger partial charge in [-0.15, -0.1) is 0 Å². The molecule has 2 amide bonds. The standard InChI is InChI=1S/C27H21N7O2/c1-33-12-9-17-16(8-10-28-25(17)33)15-4-5-19(24-18(15)13-29-27(24)36)31-23-7-6-21-20(32-23)14-30-26(35)22-3-2-11-34(21)22/h2-12H,13-14H2,1H3,(H,29,36)(H,30,35)(H,31,32). The maximum absolute atomic E-state index is 12.9.